The molecule has 0 radical (unpaired) electrons. The van der Waals surface area contributed by atoms with Crippen molar-refractivity contribution in [3.8, 4) is 0 Å². The van der Waals surface area contributed by atoms with Gasteiger partial charge in [0.25, 0.3) is 0 Å². The van der Waals surface area contributed by atoms with Crippen molar-refractivity contribution in [3.63, 3.8) is 0 Å². The molecule has 0 bridgehead atoms. The zero-order valence-corrected chi connectivity index (χ0v) is 12.5. The smallest absolute Gasteiger partial charge is 0.243 e. The Labute approximate surface area is 127 Å². The van der Waals surface area contributed by atoms with E-state index in [0.717, 1.165) is 22.2 Å². The second kappa shape index (κ2) is 4.89. The fourth-order valence-electron chi connectivity index (χ4n) is 2.88. The summed E-state index contributed by atoms with van der Waals surface area (Å²) >= 11 is 0. The average Bonchev–Trinajstić information content (AvgIpc) is 3.04. The lowest BCUT2D eigenvalue weighted by molar-refractivity contribution is 0.392. The number of aromatic nitrogens is 3. The van der Waals surface area contributed by atoms with Gasteiger partial charge in [-0.3, -0.25) is 5.10 Å². The van der Waals surface area contributed by atoms with Gasteiger partial charge in [-0.25, -0.2) is 13.4 Å². The molecule has 112 valence electrons. The summed E-state index contributed by atoms with van der Waals surface area (Å²) in [6.45, 7) is 0.815. The Morgan fingerprint density at radius 1 is 1.14 bits per heavy atom. The van der Waals surface area contributed by atoms with Gasteiger partial charge >= 0.3 is 0 Å². The molecule has 7 heteroatoms. The van der Waals surface area contributed by atoms with Crippen LogP contribution in [0.25, 0.3) is 11.0 Å². The molecule has 22 heavy (non-hydrogen) atoms. The molecule has 1 aliphatic rings. The Morgan fingerprint density at radius 3 is 2.77 bits per heavy atom. The molecule has 1 aliphatic heterocycles. The largest absolute Gasteiger partial charge is 0.261 e. The first-order chi connectivity index (χ1) is 10.7. The van der Waals surface area contributed by atoms with Gasteiger partial charge in [-0.1, -0.05) is 18.2 Å². The number of H-pyrrole nitrogens is 1. The van der Waals surface area contributed by atoms with E-state index in [9.17, 15) is 8.42 Å². The molecule has 1 N–H and O–H groups in total. The standard InChI is InChI=1S/C15H14N4O2S/c20-22(21,12-4-2-1-3-5-12)19-7-6-13-11(10-19)8-16-15-14(13)9-17-18-15/h1-5,8-9H,6-7,10H2,(H,16,17,18). The Kier molecular flexibility index (Phi) is 2.98. The van der Waals surface area contributed by atoms with Crippen molar-refractivity contribution < 1.29 is 8.42 Å². The number of nitrogens with zero attached hydrogens (tertiary/aromatic N) is 3. The van der Waals surface area contributed by atoms with E-state index in [1.807, 2.05) is 6.07 Å². The van der Waals surface area contributed by atoms with Crippen LogP contribution >= 0.6 is 0 Å². The SMILES string of the molecule is O=S(=O)(c1ccccc1)N1CCc2c(cnc3[nH]ncc23)C1. The van der Waals surface area contributed by atoms with Crippen molar-refractivity contribution in [2.45, 2.75) is 17.9 Å². The Morgan fingerprint density at radius 2 is 1.95 bits per heavy atom. The molecular weight excluding hydrogens is 300 g/mol. The third-order valence-electron chi connectivity index (χ3n) is 4.02. The van der Waals surface area contributed by atoms with Crippen LogP contribution in [0.2, 0.25) is 0 Å². The highest BCUT2D eigenvalue weighted by atomic mass is 32.2. The van der Waals surface area contributed by atoms with E-state index in [-0.39, 0.29) is 0 Å². The van der Waals surface area contributed by atoms with Crippen molar-refractivity contribution in [3.05, 3.63) is 53.9 Å². The topological polar surface area (TPSA) is 79.0 Å². The molecule has 0 aliphatic carbocycles. The Bertz CT molecular complexity index is 935. The Balaban J connectivity index is 1.73. The van der Waals surface area contributed by atoms with Crippen LogP contribution in [0.3, 0.4) is 0 Å². The summed E-state index contributed by atoms with van der Waals surface area (Å²) in [6.07, 6.45) is 4.16. The van der Waals surface area contributed by atoms with Gasteiger partial charge < -0.3 is 0 Å². The number of pyridine rings is 1. The average molecular weight is 314 g/mol. The Hall–Kier alpha value is -2.25. The van der Waals surface area contributed by atoms with Crippen LogP contribution in [0.1, 0.15) is 11.1 Å². The summed E-state index contributed by atoms with van der Waals surface area (Å²) in [7, 11) is -3.46. The number of sulfonamides is 1. The maximum absolute atomic E-state index is 12.7. The molecule has 0 atom stereocenters. The van der Waals surface area contributed by atoms with Crippen molar-refractivity contribution >= 4 is 21.1 Å². The zero-order valence-electron chi connectivity index (χ0n) is 11.7. The van der Waals surface area contributed by atoms with Crippen LogP contribution in [0, 0.1) is 0 Å². The fraction of sp³-hybridized carbons (Fsp3) is 0.200. The summed E-state index contributed by atoms with van der Waals surface area (Å²) < 4.78 is 26.9. The molecule has 4 rings (SSSR count). The van der Waals surface area contributed by atoms with Crippen molar-refractivity contribution in [2.75, 3.05) is 6.54 Å². The van der Waals surface area contributed by atoms with E-state index in [2.05, 4.69) is 15.2 Å². The number of hydrogen-bond acceptors (Lipinski definition) is 4. The second-order valence-corrected chi connectivity index (χ2v) is 7.23. The molecule has 0 saturated carbocycles. The number of rotatable bonds is 2. The summed E-state index contributed by atoms with van der Waals surface area (Å²) in [5.41, 5.74) is 2.83. The summed E-state index contributed by atoms with van der Waals surface area (Å²) in [6, 6.07) is 8.54. The van der Waals surface area contributed by atoms with Crippen LogP contribution < -0.4 is 0 Å². The molecule has 0 amide bonds. The third-order valence-corrected chi connectivity index (χ3v) is 5.88. The van der Waals surface area contributed by atoms with E-state index in [0.29, 0.717) is 24.4 Å². The van der Waals surface area contributed by atoms with E-state index in [4.69, 9.17) is 0 Å². The minimum Gasteiger partial charge on any atom is -0.261 e. The molecule has 3 aromatic rings. The summed E-state index contributed by atoms with van der Waals surface area (Å²) in [4.78, 5) is 4.63. The van der Waals surface area contributed by atoms with Crippen molar-refractivity contribution in [2.24, 2.45) is 0 Å². The van der Waals surface area contributed by atoms with E-state index >= 15 is 0 Å². The zero-order chi connectivity index (χ0) is 15.2. The quantitative estimate of drug-likeness (QED) is 0.781. The minimum absolute atomic E-state index is 0.329. The van der Waals surface area contributed by atoms with Gasteiger partial charge in [0, 0.05) is 24.7 Å². The van der Waals surface area contributed by atoms with E-state index in [1.165, 1.54) is 4.31 Å². The third kappa shape index (κ3) is 2.01. The lowest BCUT2D eigenvalue weighted by Gasteiger charge is -2.28. The molecule has 0 unspecified atom stereocenters. The predicted molar refractivity (Wildman–Crippen MR) is 81.6 cm³/mol. The number of nitrogens with one attached hydrogen (secondary N) is 1. The van der Waals surface area contributed by atoms with Gasteiger partial charge in [-0.05, 0) is 29.7 Å². The number of benzene rings is 1. The molecular formula is C15H14N4O2S. The maximum atomic E-state index is 12.7. The van der Waals surface area contributed by atoms with Crippen LogP contribution in [-0.4, -0.2) is 34.4 Å². The molecule has 0 spiro atoms. The highest BCUT2D eigenvalue weighted by Gasteiger charge is 2.29. The first-order valence-corrected chi connectivity index (χ1v) is 8.45. The first kappa shape index (κ1) is 13.4. The van der Waals surface area contributed by atoms with Crippen LogP contribution in [-0.2, 0) is 23.0 Å². The van der Waals surface area contributed by atoms with Gasteiger partial charge in [-0.2, -0.15) is 9.40 Å². The van der Waals surface area contributed by atoms with Gasteiger partial charge in [0.05, 0.1) is 11.1 Å². The van der Waals surface area contributed by atoms with Crippen molar-refractivity contribution in [1.29, 1.82) is 0 Å². The second-order valence-electron chi connectivity index (χ2n) is 5.30. The summed E-state index contributed by atoms with van der Waals surface area (Å²) in [5, 5.41) is 7.83. The van der Waals surface area contributed by atoms with Crippen LogP contribution in [0.4, 0.5) is 0 Å². The molecule has 2 aromatic heterocycles. The maximum Gasteiger partial charge on any atom is 0.243 e. The highest BCUT2D eigenvalue weighted by molar-refractivity contribution is 7.89. The summed E-state index contributed by atoms with van der Waals surface area (Å²) in [5.74, 6) is 0. The van der Waals surface area contributed by atoms with Gasteiger partial charge in [0.15, 0.2) is 5.65 Å². The molecule has 0 fully saturated rings. The van der Waals surface area contributed by atoms with Gasteiger partial charge in [-0.15, -0.1) is 0 Å². The lowest BCUT2D eigenvalue weighted by Crippen LogP contribution is -2.36. The molecule has 6 nitrogen and oxygen atoms in total. The molecule has 1 aromatic carbocycles. The highest BCUT2D eigenvalue weighted by Crippen LogP contribution is 2.28. The molecule has 0 saturated heterocycles. The number of hydrogen-bond donors (Lipinski definition) is 1. The minimum atomic E-state index is -3.46. The number of aromatic amines is 1. The van der Waals surface area contributed by atoms with Crippen LogP contribution in [0.5, 0.6) is 0 Å². The van der Waals surface area contributed by atoms with Gasteiger partial charge in [0.1, 0.15) is 0 Å². The lowest BCUT2D eigenvalue weighted by atomic mass is 10.0. The van der Waals surface area contributed by atoms with Gasteiger partial charge in [0.2, 0.25) is 10.0 Å². The van der Waals surface area contributed by atoms with E-state index in [1.54, 1.807) is 36.7 Å². The monoisotopic (exact) mass is 314 g/mol. The fourth-order valence-corrected chi connectivity index (χ4v) is 4.32. The molecule has 3 heterocycles. The van der Waals surface area contributed by atoms with Crippen LogP contribution in [0.15, 0.2) is 47.6 Å². The first-order valence-electron chi connectivity index (χ1n) is 7.01. The van der Waals surface area contributed by atoms with Crippen molar-refractivity contribution in [1.82, 2.24) is 19.5 Å². The van der Waals surface area contributed by atoms with E-state index < -0.39 is 10.0 Å². The predicted octanol–water partition coefficient (Wildman–Crippen LogP) is 1.70. The normalized spacial score (nSPS) is 15.8. The number of fused-ring (bicyclic) bond motifs is 3.